The van der Waals surface area contributed by atoms with Gasteiger partial charge in [0.15, 0.2) is 0 Å². The maximum Gasteiger partial charge on any atom is 0.257 e. The zero-order valence-corrected chi connectivity index (χ0v) is 24.1. The molecule has 0 aromatic carbocycles. The van der Waals surface area contributed by atoms with E-state index in [4.69, 9.17) is 57.8 Å². The molecular formula is C32H32N4O8. The predicted molar refractivity (Wildman–Crippen MR) is 154 cm³/mol. The number of nitrogens with zero attached hydrogens (tertiary/aromatic N) is 4. The molecule has 0 unspecified atom stereocenters. The maximum atomic E-state index is 6.21. The molecule has 8 bridgehead atoms. The predicted octanol–water partition coefficient (Wildman–Crippen LogP) is 3.23. The Labute approximate surface area is 254 Å². The monoisotopic (exact) mass is 600 g/mol. The average molecular weight is 601 g/mol. The van der Waals surface area contributed by atoms with Gasteiger partial charge in [0.1, 0.15) is 36.0 Å². The molecule has 12 heteroatoms. The molecule has 44 heavy (non-hydrogen) atoms. The third kappa shape index (κ3) is 5.75. The summed E-state index contributed by atoms with van der Waals surface area (Å²) in [6, 6.07) is 22.2. The number of hydrogen-bond donors (Lipinski definition) is 0. The van der Waals surface area contributed by atoms with Gasteiger partial charge in [-0.2, -0.15) is 0 Å². The summed E-state index contributed by atoms with van der Waals surface area (Å²) < 4.78 is 47.9. The van der Waals surface area contributed by atoms with E-state index < -0.39 is 11.6 Å². The number of hydrogen-bond acceptors (Lipinski definition) is 12. The molecule has 0 aliphatic carbocycles. The molecule has 0 saturated carbocycles. The standard InChI is InChI=1S/C32H32N4O8/c1-5-23-24-6-2-8-26(34-24)32(43-21-22-44-32)28-10-4-12-30(36-28)40-18-16-38-14-13-37-15-17-39-29-11-3-9-27(35-29)31(25(7-1)33-23)41-19-20-42-31/h1-12H,13-22H2. The fourth-order valence-electron chi connectivity index (χ4n) is 5.29. The van der Waals surface area contributed by atoms with Crippen LogP contribution >= 0.6 is 0 Å². The zero-order chi connectivity index (χ0) is 29.7. The van der Waals surface area contributed by atoms with Gasteiger partial charge >= 0.3 is 0 Å². The van der Waals surface area contributed by atoms with Crippen molar-refractivity contribution < 1.29 is 37.9 Å². The lowest BCUT2D eigenvalue weighted by atomic mass is 10.0. The van der Waals surface area contributed by atoms with Gasteiger partial charge in [0.2, 0.25) is 11.8 Å². The van der Waals surface area contributed by atoms with E-state index in [-0.39, 0.29) is 0 Å². The van der Waals surface area contributed by atoms with Crippen LogP contribution in [0.1, 0.15) is 22.8 Å². The molecule has 7 rings (SSSR count). The van der Waals surface area contributed by atoms with Crippen molar-refractivity contribution in [1.29, 1.82) is 0 Å². The molecule has 0 N–H and O–H groups in total. The van der Waals surface area contributed by atoms with Crippen molar-refractivity contribution in [3.05, 3.63) is 95.6 Å². The molecule has 0 amide bonds. The number of rotatable bonds is 0. The molecule has 0 radical (unpaired) electrons. The van der Waals surface area contributed by atoms with E-state index in [1.165, 1.54) is 0 Å². The van der Waals surface area contributed by atoms with E-state index in [0.717, 1.165) is 0 Å². The SMILES string of the molecule is c1cc2nc(c1)C1(OCCO1)c1cccc(n1)-c1cccc(n1)C1(OCCO1)c1cccc(n1)OCCOCCOCCO2. The Morgan fingerprint density at radius 3 is 1.18 bits per heavy atom. The Balaban J connectivity index is 1.29. The van der Waals surface area contributed by atoms with Crippen LogP contribution in [0.5, 0.6) is 11.8 Å². The van der Waals surface area contributed by atoms with Crippen LogP contribution in [-0.4, -0.2) is 86.0 Å². The van der Waals surface area contributed by atoms with Gasteiger partial charge in [-0.05, 0) is 36.4 Å². The minimum Gasteiger partial charge on any atom is -0.475 e. The summed E-state index contributed by atoms with van der Waals surface area (Å²) in [4.78, 5) is 19.4. The van der Waals surface area contributed by atoms with Crippen molar-refractivity contribution in [2.75, 3.05) is 66.1 Å². The highest BCUT2D eigenvalue weighted by Crippen LogP contribution is 2.39. The van der Waals surface area contributed by atoms with Gasteiger partial charge in [-0.3, -0.25) is 0 Å². The van der Waals surface area contributed by atoms with Crippen LogP contribution in [0.2, 0.25) is 0 Å². The molecule has 4 aromatic rings. The second-order valence-electron chi connectivity index (χ2n) is 10.1. The summed E-state index contributed by atoms with van der Waals surface area (Å²) in [5, 5.41) is 0. The lowest BCUT2D eigenvalue weighted by molar-refractivity contribution is -0.136. The van der Waals surface area contributed by atoms with Gasteiger partial charge in [0.05, 0.1) is 64.2 Å². The maximum absolute atomic E-state index is 6.21. The summed E-state index contributed by atoms with van der Waals surface area (Å²) in [7, 11) is 0. The van der Waals surface area contributed by atoms with Crippen LogP contribution in [-0.2, 0) is 40.0 Å². The third-order valence-corrected chi connectivity index (χ3v) is 7.27. The highest BCUT2D eigenvalue weighted by molar-refractivity contribution is 5.55. The fourth-order valence-corrected chi connectivity index (χ4v) is 5.29. The first-order valence-electron chi connectivity index (χ1n) is 14.6. The van der Waals surface area contributed by atoms with Crippen molar-refractivity contribution in [3.8, 4) is 23.1 Å². The first-order chi connectivity index (χ1) is 21.8. The summed E-state index contributed by atoms with van der Waals surface area (Å²) >= 11 is 0. The quantitative estimate of drug-likeness (QED) is 0.294. The lowest BCUT2D eigenvalue weighted by Gasteiger charge is -2.27. The average Bonchev–Trinajstić information content (AvgIpc) is 3.78. The molecule has 12 nitrogen and oxygen atoms in total. The molecule has 0 atom stereocenters. The topological polar surface area (TPSA) is 125 Å². The molecule has 2 fully saturated rings. The van der Waals surface area contributed by atoms with Gasteiger partial charge in [0.25, 0.3) is 11.6 Å². The first-order valence-corrected chi connectivity index (χ1v) is 14.6. The van der Waals surface area contributed by atoms with Gasteiger partial charge in [-0.15, -0.1) is 0 Å². The summed E-state index contributed by atoms with van der Waals surface area (Å²) in [5.74, 6) is -1.76. The van der Waals surface area contributed by atoms with E-state index in [2.05, 4.69) is 0 Å². The van der Waals surface area contributed by atoms with E-state index in [9.17, 15) is 0 Å². The fraction of sp³-hybridized carbons (Fsp3) is 0.375. The van der Waals surface area contributed by atoms with Crippen molar-refractivity contribution in [3.63, 3.8) is 0 Å². The number of pyridine rings is 4. The van der Waals surface area contributed by atoms with Crippen molar-refractivity contribution in [2.45, 2.75) is 11.6 Å². The summed E-state index contributed by atoms with van der Waals surface area (Å²) in [6.45, 7) is 3.77. The Kier molecular flexibility index (Phi) is 8.42. The normalized spacial score (nSPS) is 20.0. The van der Waals surface area contributed by atoms with Crippen LogP contribution in [0.25, 0.3) is 11.4 Å². The van der Waals surface area contributed by atoms with Crippen LogP contribution in [0.4, 0.5) is 0 Å². The van der Waals surface area contributed by atoms with E-state index >= 15 is 0 Å². The number of fused-ring (bicyclic) bond motifs is 13. The second-order valence-corrected chi connectivity index (χ2v) is 10.1. The minimum absolute atomic E-state index is 0.320. The molecule has 3 aliphatic heterocycles. The van der Waals surface area contributed by atoms with Crippen LogP contribution < -0.4 is 9.47 Å². The molecule has 228 valence electrons. The molecule has 2 spiro atoms. The first kappa shape index (κ1) is 28.7. The number of aromatic nitrogens is 4. The Bertz CT molecular complexity index is 1460. The third-order valence-electron chi connectivity index (χ3n) is 7.27. The molecular weight excluding hydrogens is 568 g/mol. The highest BCUT2D eigenvalue weighted by Gasteiger charge is 2.45. The smallest absolute Gasteiger partial charge is 0.257 e. The largest absolute Gasteiger partial charge is 0.475 e. The van der Waals surface area contributed by atoms with Crippen molar-refractivity contribution >= 4 is 0 Å². The van der Waals surface area contributed by atoms with Gasteiger partial charge in [0, 0.05) is 12.1 Å². The van der Waals surface area contributed by atoms with Crippen LogP contribution in [0.3, 0.4) is 0 Å². The number of ether oxygens (including phenoxy) is 8. The molecule has 3 aliphatic rings. The van der Waals surface area contributed by atoms with Gasteiger partial charge in [-0.25, -0.2) is 19.9 Å². The van der Waals surface area contributed by atoms with Crippen LogP contribution in [0.15, 0.2) is 72.8 Å². The van der Waals surface area contributed by atoms with E-state index in [0.29, 0.717) is 112 Å². The van der Waals surface area contributed by atoms with Crippen molar-refractivity contribution in [1.82, 2.24) is 19.9 Å². The molecule has 7 heterocycles. The molecule has 4 aromatic heterocycles. The second kappa shape index (κ2) is 12.9. The summed E-state index contributed by atoms with van der Waals surface area (Å²) in [5.41, 5.74) is 3.36. The van der Waals surface area contributed by atoms with E-state index in [1.807, 2.05) is 60.7 Å². The summed E-state index contributed by atoms with van der Waals surface area (Å²) in [6.07, 6.45) is 0. The molecule has 2 saturated heterocycles. The Morgan fingerprint density at radius 1 is 0.386 bits per heavy atom. The zero-order valence-electron chi connectivity index (χ0n) is 24.1. The van der Waals surface area contributed by atoms with Gasteiger partial charge in [-0.1, -0.05) is 24.3 Å². The highest BCUT2D eigenvalue weighted by atomic mass is 16.7. The van der Waals surface area contributed by atoms with Crippen molar-refractivity contribution in [2.24, 2.45) is 0 Å². The van der Waals surface area contributed by atoms with Gasteiger partial charge < -0.3 is 37.9 Å². The van der Waals surface area contributed by atoms with E-state index in [1.54, 1.807) is 12.1 Å². The Hall–Kier alpha value is -4.04. The van der Waals surface area contributed by atoms with Crippen LogP contribution in [0, 0.1) is 0 Å². The lowest BCUT2D eigenvalue weighted by Crippen LogP contribution is -2.32. The Morgan fingerprint density at radius 2 is 0.750 bits per heavy atom. The minimum atomic E-state index is -1.31.